The first-order valence-corrected chi connectivity index (χ1v) is 9.38. The number of hydrogen-bond acceptors (Lipinski definition) is 5. The number of halogens is 3. The van der Waals surface area contributed by atoms with Crippen LogP contribution in [0.1, 0.15) is 11.1 Å². The molecule has 3 rings (SSSR count). The zero-order valence-corrected chi connectivity index (χ0v) is 15.0. The Balaban J connectivity index is 2.00. The normalized spacial score (nSPS) is 17.0. The molecule has 0 saturated heterocycles. The van der Waals surface area contributed by atoms with E-state index in [4.69, 9.17) is 15.2 Å². The van der Waals surface area contributed by atoms with E-state index in [1.54, 1.807) is 0 Å². The Labute approximate surface area is 154 Å². The lowest BCUT2D eigenvalue weighted by molar-refractivity contribution is -0.137. The van der Waals surface area contributed by atoms with Crippen molar-refractivity contribution >= 4 is 15.7 Å². The summed E-state index contributed by atoms with van der Waals surface area (Å²) in [6, 6.07) is 6.37. The smallest absolute Gasteiger partial charge is 0.416 e. The van der Waals surface area contributed by atoms with Crippen LogP contribution in [0.15, 0.2) is 41.3 Å². The van der Waals surface area contributed by atoms with E-state index in [0.29, 0.717) is 17.7 Å². The lowest BCUT2D eigenvalue weighted by Crippen LogP contribution is -2.34. The minimum absolute atomic E-state index is 0.0931. The molecule has 0 spiro atoms. The van der Waals surface area contributed by atoms with Crippen LogP contribution in [0.25, 0.3) is 0 Å². The van der Waals surface area contributed by atoms with E-state index in [0.717, 1.165) is 18.2 Å². The van der Waals surface area contributed by atoms with Gasteiger partial charge in [-0.2, -0.15) is 13.2 Å². The van der Waals surface area contributed by atoms with Crippen molar-refractivity contribution in [3.63, 3.8) is 0 Å². The zero-order chi connectivity index (χ0) is 19.8. The number of anilines is 1. The molecule has 0 radical (unpaired) electrons. The molecule has 0 fully saturated rings. The summed E-state index contributed by atoms with van der Waals surface area (Å²) < 4.78 is 77.0. The van der Waals surface area contributed by atoms with Crippen LogP contribution in [0.2, 0.25) is 0 Å². The van der Waals surface area contributed by atoms with Gasteiger partial charge in [-0.15, -0.1) is 0 Å². The van der Waals surface area contributed by atoms with Crippen LogP contribution in [-0.4, -0.2) is 28.2 Å². The summed E-state index contributed by atoms with van der Waals surface area (Å²) in [5.74, 6) is 0.522. The van der Waals surface area contributed by atoms with Crippen LogP contribution in [-0.2, 0) is 22.6 Å². The van der Waals surface area contributed by atoms with Gasteiger partial charge in [0.15, 0.2) is 0 Å². The molecular formula is C17H17F3N2O4S. The van der Waals surface area contributed by atoms with Crippen LogP contribution in [0.5, 0.6) is 11.5 Å². The average molecular weight is 402 g/mol. The molecule has 1 heterocycles. The summed E-state index contributed by atoms with van der Waals surface area (Å²) in [6.45, 7) is 0.117. The van der Waals surface area contributed by atoms with E-state index >= 15 is 0 Å². The molecule has 2 aromatic carbocycles. The number of methoxy groups -OCH3 is 1. The predicted molar refractivity (Wildman–Crippen MR) is 92.4 cm³/mol. The van der Waals surface area contributed by atoms with E-state index in [-0.39, 0.29) is 29.0 Å². The van der Waals surface area contributed by atoms with Gasteiger partial charge in [-0.3, -0.25) is 4.72 Å². The van der Waals surface area contributed by atoms with Gasteiger partial charge < -0.3 is 15.2 Å². The third-order valence-electron chi connectivity index (χ3n) is 4.04. The molecule has 0 amide bonds. The van der Waals surface area contributed by atoms with E-state index in [2.05, 4.69) is 4.72 Å². The molecule has 0 aromatic heterocycles. The van der Waals surface area contributed by atoms with Gasteiger partial charge in [0.1, 0.15) is 23.0 Å². The van der Waals surface area contributed by atoms with Gasteiger partial charge in [0.2, 0.25) is 0 Å². The number of sulfonamides is 1. The maximum atomic E-state index is 12.8. The van der Waals surface area contributed by atoms with Crippen LogP contribution in [0.4, 0.5) is 18.9 Å². The molecule has 0 aliphatic carbocycles. The van der Waals surface area contributed by atoms with Crippen LogP contribution < -0.4 is 19.9 Å². The lowest BCUT2D eigenvalue weighted by atomic mass is 10.0. The highest BCUT2D eigenvalue weighted by Gasteiger charge is 2.32. The van der Waals surface area contributed by atoms with Crippen molar-refractivity contribution < 1.29 is 31.1 Å². The second-order valence-electron chi connectivity index (χ2n) is 6.03. The summed E-state index contributed by atoms with van der Waals surface area (Å²) in [4.78, 5) is -0.192. The van der Waals surface area contributed by atoms with Gasteiger partial charge in [0, 0.05) is 17.3 Å². The third-order valence-corrected chi connectivity index (χ3v) is 5.45. The molecule has 146 valence electrons. The fourth-order valence-electron chi connectivity index (χ4n) is 2.82. The molecule has 2 aromatic rings. The van der Waals surface area contributed by atoms with E-state index in [9.17, 15) is 21.6 Å². The highest BCUT2D eigenvalue weighted by atomic mass is 32.2. The van der Waals surface area contributed by atoms with Crippen molar-refractivity contribution in [3.05, 3.63) is 47.5 Å². The number of rotatable bonds is 4. The fourth-order valence-corrected chi connectivity index (χ4v) is 4.04. The number of fused-ring (bicyclic) bond motifs is 1. The highest BCUT2D eigenvalue weighted by molar-refractivity contribution is 7.92. The number of hydrogen-bond donors (Lipinski definition) is 2. The lowest BCUT2D eigenvalue weighted by Gasteiger charge is -2.26. The number of benzene rings is 2. The molecule has 6 nitrogen and oxygen atoms in total. The van der Waals surface area contributed by atoms with Gasteiger partial charge in [-0.25, -0.2) is 8.42 Å². The number of nitrogens with one attached hydrogen (secondary N) is 1. The monoisotopic (exact) mass is 402 g/mol. The standard InChI is InChI=1S/C17H17F3N2O4S/c1-25-14-5-6-15(16-13(14)8-11(21)9-26-16)27(23,24)22-12-4-2-3-10(7-12)17(18,19)20/h2-7,11,22H,8-9,21H2,1H3/t11-/m1/s1. The second-order valence-corrected chi connectivity index (χ2v) is 7.68. The van der Waals surface area contributed by atoms with Gasteiger partial charge in [-0.1, -0.05) is 6.07 Å². The van der Waals surface area contributed by atoms with Crippen molar-refractivity contribution in [2.45, 2.75) is 23.5 Å². The van der Waals surface area contributed by atoms with E-state index < -0.39 is 21.8 Å². The highest BCUT2D eigenvalue weighted by Crippen LogP contribution is 2.39. The molecule has 0 unspecified atom stereocenters. The summed E-state index contributed by atoms with van der Waals surface area (Å²) in [5.41, 5.74) is 5.20. The first-order chi connectivity index (χ1) is 12.6. The summed E-state index contributed by atoms with van der Waals surface area (Å²) in [7, 11) is -2.76. The Bertz CT molecular complexity index is 961. The molecule has 0 bridgehead atoms. The first kappa shape index (κ1) is 19.3. The summed E-state index contributed by atoms with van der Waals surface area (Å²) >= 11 is 0. The quantitative estimate of drug-likeness (QED) is 0.821. The molecule has 1 aliphatic rings. The number of ether oxygens (including phenoxy) is 2. The minimum Gasteiger partial charge on any atom is -0.496 e. The van der Waals surface area contributed by atoms with Gasteiger partial charge in [0.25, 0.3) is 10.0 Å². The number of nitrogens with two attached hydrogens (primary N) is 1. The summed E-state index contributed by atoms with van der Waals surface area (Å²) in [5, 5.41) is 0. The maximum absolute atomic E-state index is 12.8. The zero-order valence-electron chi connectivity index (χ0n) is 14.2. The topological polar surface area (TPSA) is 90.7 Å². The Morgan fingerprint density at radius 2 is 2.00 bits per heavy atom. The van der Waals surface area contributed by atoms with Gasteiger partial charge in [0.05, 0.1) is 12.7 Å². The molecule has 3 N–H and O–H groups in total. The van der Waals surface area contributed by atoms with Gasteiger partial charge >= 0.3 is 6.18 Å². The molecule has 27 heavy (non-hydrogen) atoms. The van der Waals surface area contributed by atoms with Crippen LogP contribution in [0, 0.1) is 0 Å². The minimum atomic E-state index is -4.58. The van der Waals surface area contributed by atoms with Crippen molar-refractivity contribution in [3.8, 4) is 11.5 Å². The predicted octanol–water partition coefficient (Wildman–Crippen LogP) is 2.78. The average Bonchev–Trinajstić information content (AvgIpc) is 2.59. The van der Waals surface area contributed by atoms with Crippen molar-refractivity contribution in [1.82, 2.24) is 0 Å². The molecule has 1 atom stereocenters. The van der Waals surface area contributed by atoms with Crippen molar-refractivity contribution in [2.24, 2.45) is 5.73 Å². The van der Waals surface area contributed by atoms with Crippen LogP contribution >= 0.6 is 0 Å². The largest absolute Gasteiger partial charge is 0.496 e. The van der Waals surface area contributed by atoms with Crippen molar-refractivity contribution in [1.29, 1.82) is 0 Å². The number of alkyl halides is 3. The molecule has 1 aliphatic heterocycles. The first-order valence-electron chi connectivity index (χ1n) is 7.90. The Hall–Kier alpha value is -2.46. The molecule has 10 heteroatoms. The third kappa shape index (κ3) is 3.96. The Kier molecular flexibility index (Phi) is 4.96. The second kappa shape index (κ2) is 6.93. The van der Waals surface area contributed by atoms with Crippen LogP contribution in [0.3, 0.4) is 0 Å². The Morgan fingerprint density at radius 1 is 1.26 bits per heavy atom. The molecular weight excluding hydrogens is 385 g/mol. The summed E-state index contributed by atoms with van der Waals surface area (Å²) in [6.07, 6.45) is -4.23. The van der Waals surface area contributed by atoms with E-state index in [1.807, 2.05) is 0 Å². The SMILES string of the molecule is COc1ccc(S(=O)(=O)Nc2cccc(C(F)(F)F)c2)c2c1C[C@@H](N)CO2. The van der Waals surface area contributed by atoms with E-state index in [1.165, 1.54) is 25.3 Å². The maximum Gasteiger partial charge on any atom is 0.416 e. The molecule has 0 saturated carbocycles. The van der Waals surface area contributed by atoms with Crippen molar-refractivity contribution in [2.75, 3.05) is 18.4 Å². The Morgan fingerprint density at radius 3 is 2.67 bits per heavy atom. The van der Waals surface area contributed by atoms with Gasteiger partial charge in [-0.05, 0) is 36.8 Å². The fraction of sp³-hybridized carbons (Fsp3) is 0.294.